The zero-order chi connectivity index (χ0) is 34.0. The highest BCUT2D eigenvalue weighted by molar-refractivity contribution is 6.44. The molecule has 3 amide bonds. The molecule has 0 bridgehead atoms. The van der Waals surface area contributed by atoms with Crippen molar-refractivity contribution < 1.29 is 39.6 Å². The van der Waals surface area contributed by atoms with Gasteiger partial charge in [-0.15, -0.1) is 23.2 Å². The van der Waals surface area contributed by atoms with E-state index in [-0.39, 0.29) is 37.3 Å². The number of aromatic hydroxyl groups is 2. The molecule has 2 aromatic rings. The molecule has 0 aromatic heterocycles. The van der Waals surface area contributed by atoms with Crippen LogP contribution in [0.5, 0.6) is 11.5 Å². The van der Waals surface area contributed by atoms with Gasteiger partial charge in [0.2, 0.25) is 11.8 Å². The number of aliphatic hydroxyl groups is 1. The molecular formula is C32H42Cl2N4O8. The lowest BCUT2D eigenvalue weighted by Crippen LogP contribution is -2.59. The number of carboxylic acids is 1. The third-order valence-electron chi connectivity index (χ3n) is 8.16. The summed E-state index contributed by atoms with van der Waals surface area (Å²) in [4.78, 5) is 55.1. The molecule has 14 heteroatoms. The number of likely N-dealkylation sites (N-methyl/N-ethyl adjacent to an activating group) is 1. The first-order valence-electron chi connectivity index (χ1n) is 15.2. The summed E-state index contributed by atoms with van der Waals surface area (Å²) in [6.45, 7) is 0.206. The predicted molar refractivity (Wildman–Crippen MR) is 172 cm³/mol. The Morgan fingerprint density at radius 1 is 0.957 bits per heavy atom. The molecule has 0 radical (unpaired) electrons. The van der Waals surface area contributed by atoms with Crippen LogP contribution in [0.4, 0.5) is 0 Å². The molecule has 0 aliphatic carbocycles. The molecule has 2 unspecified atom stereocenters. The standard InChI is InChI=1S/C32H42Cl2N4O8/c1-37(26(18-20-10-14-22(40)15-11-20)31(44)38-16-4-6-25(38)32(45)46)30(43)24(17-19-8-12-21(39)13-9-19)36-29(42)28(41)23(35)5-2-3-7-27(33)34/h8-15,23-28,39-41H,2-7,16-18,35H2,1H3,(H,36,42)(H,45,46)/t23?,24-,25-,26-,28?/m0/s1. The Bertz CT molecular complexity index is 1330. The SMILES string of the molecule is CN(C(=O)[C@H](Cc1ccc(O)cc1)NC(=O)C(O)C(N)CCCCC(Cl)Cl)[C@@H](Cc1ccc(O)cc1)C(=O)N1CCC[C@H]1C(=O)O. The number of hydrogen-bond acceptors (Lipinski definition) is 8. The number of rotatable bonds is 16. The summed E-state index contributed by atoms with van der Waals surface area (Å²) in [6, 6.07) is 7.69. The van der Waals surface area contributed by atoms with Gasteiger partial charge in [0.15, 0.2) is 0 Å². The van der Waals surface area contributed by atoms with Gasteiger partial charge in [0, 0.05) is 32.5 Å². The van der Waals surface area contributed by atoms with Gasteiger partial charge in [-0.05, 0) is 61.1 Å². The number of unbranched alkanes of at least 4 members (excludes halogenated alkanes) is 1. The van der Waals surface area contributed by atoms with E-state index in [4.69, 9.17) is 28.9 Å². The second-order valence-electron chi connectivity index (χ2n) is 11.6. The number of carbonyl (C=O) groups is 4. The van der Waals surface area contributed by atoms with Crippen LogP contribution in [0.15, 0.2) is 48.5 Å². The van der Waals surface area contributed by atoms with Crippen molar-refractivity contribution in [2.75, 3.05) is 13.6 Å². The fraction of sp³-hybridized carbons (Fsp3) is 0.500. The summed E-state index contributed by atoms with van der Waals surface area (Å²) in [5, 5.41) is 42.5. The number of hydrogen-bond donors (Lipinski definition) is 6. The van der Waals surface area contributed by atoms with E-state index < -0.39 is 58.8 Å². The zero-order valence-corrected chi connectivity index (χ0v) is 27.1. The number of aliphatic hydroxyl groups excluding tert-OH is 1. The smallest absolute Gasteiger partial charge is 0.326 e. The maximum Gasteiger partial charge on any atom is 0.326 e. The van der Waals surface area contributed by atoms with Gasteiger partial charge in [-0.25, -0.2) is 4.79 Å². The number of likely N-dealkylation sites (tertiary alicyclic amines) is 1. The van der Waals surface area contributed by atoms with E-state index in [0.29, 0.717) is 43.2 Å². The molecule has 2 aromatic carbocycles. The molecule has 12 nitrogen and oxygen atoms in total. The van der Waals surface area contributed by atoms with Crippen molar-refractivity contribution in [3.8, 4) is 11.5 Å². The number of nitrogens with one attached hydrogen (secondary N) is 1. The van der Waals surface area contributed by atoms with Gasteiger partial charge in [-0.3, -0.25) is 14.4 Å². The Labute approximate surface area is 278 Å². The normalized spacial score (nSPS) is 17.3. The van der Waals surface area contributed by atoms with Crippen molar-refractivity contribution in [1.29, 1.82) is 0 Å². The lowest BCUT2D eigenvalue weighted by atomic mass is 9.99. The minimum absolute atomic E-state index is 0.00184. The van der Waals surface area contributed by atoms with E-state index in [2.05, 4.69) is 5.32 Å². The largest absolute Gasteiger partial charge is 0.508 e. The first kappa shape index (κ1) is 36.9. The van der Waals surface area contributed by atoms with Crippen molar-refractivity contribution in [2.45, 2.75) is 86.5 Å². The second kappa shape index (κ2) is 17.4. The van der Waals surface area contributed by atoms with Crippen molar-refractivity contribution in [3.05, 3.63) is 59.7 Å². The summed E-state index contributed by atoms with van der Waals surface area (Å²) >= 11 is 11.5. The van der Waals surface area contributed by atoms with Crippen LogP contribution in [-0.2, 0) is 32.0 Å². The summed E-state index contributed by atoms with van der Waals surface area (Å²) in [6.07, 6.45) is 1.12. The molecule has 1 aliphatic rings. The summed E-state index contributed by atoms with van der Waals surface area (Å²) in [5.74, 6) is -3.24. The van der Waals surface area contributed by atoms with Crippen LogP contribution >= 0.6 is 23.2 Å². The van der Waals surface area contributed by atoms with E-state index in [1.165, 1.54) is 41.1 Å². The maximum atomic E-state index is 14.1. The third kappa shape index (κ3) is 10.5. The number of halogens is 2. The highest BCUT2D eigenvalue weighted by Crippen LogP contribution is 2.23. The van der Waals surface area contributed by atoms with E-state index in [9.17, 15) is 39.6 Å². The fourth-order valence-electron chi connectivity index (χ4n) is 5.48. The molecule has 5 atom stereocenters. The first-order chi connectivity index (χ1) is 21.8. The number of phenols is 2. The average Bonchev–Trinajstić information content (AvgIpc) is 3.52. The van der Waals surface area contributed by atoms with Crippen molar-refractivity contribution in [3.63, 3.8) is 0 Å². The van der Waals surface area contributed by atoms with Gasteiger partial charge in [0.05, 0.1) is 0 Å². The number of nitrogens with two attached hydrogens (primary N) is 1. The quantitative estimate of drug-likeness (QED) is 0.114. The Morgan fingerprint density at radius 3 is 2.04 bits per heavy atom. The lowest BCUT2D eigenvalue weighted by molar-refractivity contribution is -0.153. The summed E-state index contributed by atoms with van der Waals surface area (Å²) in [7, 11) is 1.40. The molecule has 1 aliphatic heterocycles. The first-order valence-corrected chi connectivity index (χ1v) is 16.0. The monoisotopic (exact) mass is 680 g/mol. The molecule has 1 saturated heterocycles. The predicted octanol–water partition coefficient (Wildman–Crippen LogP) is 2.32. The number of aliphatic carboxylic acids is 1. The number of phenolic OH excluding ortho intramolecular Hbond substituents is 2. The molecule has 7 N–H and O–H groups in total. The minimum atomic E-state index is -1.64. The Balaban J connectivity index is 1.87. The molecule has 0 spiro atoms. The lowest BCUT2D eigenvalue weighted by Gasteiger charge is -2.35. The van der Waals surface area contributed by atoms with Crippen LogP contribution in [0.25, 0.3) is 0 Å². The van der Waals surface area contributed by atoms with Gasteiger partial charge < -0.3 is 41.3 Å². The molecule has 1 heterocycles. The maximum absolute atomic E-state index is 14.1. The van der Waals surface area contributed by atoms with Crippen LogP contribution < -0.4 is 11.1 Å². The Hall–Kier alpha value is -3.58. The van der Waals surface area contributed by atoms with Crippen LogP contribution in [0.1, 0.15) is 49.7 Å². The van der Waals surface area contributed by atoms with Crippen LogP contribution in [0.3, 0.4) is 0 Å². The van der Waals surface area contributed by atoms with Gasteiger partial charge in [-0.1, -0.05) is 37.1 Å². The number of amides is 3. The highest BCUT2D eigenvalue weighted by Gasteiger charge is 2.41. The summed E-state index contributed by atoms with van der Waals surface area (Å²) in [5.41, 5.74) is 7.28. The van der Waals surface area contributed by atoms with E-state index in [0.717, 1.165) is 0 Å². The molecule has 252 valence electrons. The number of nitrogens with zero attached hydrogens (tertiary/aromatic N) is 2. The molecule has 0 saturated carbocycles. The van der Waals surface area contributed by atoms with Crippen LogP contribution in [0, 0.1) is 0 Å². The Kier molecular flexibility index (Phi) is 13.9. The van der Waals surface area contributed by atoms with E-state index in [1.807, 2.05) is 0 Å². The molecular weight excluding hydrogens is 639 g/mol. The topological polar surface area (TPSA) is 194 Å². The van der Waals surface area contributed by atoms with Gasteiger partial charge in [0.25, 0.3) is 5.91 Å². The minimum Gasteiger partial charge on any atom is -0.508 e. The van der Waals surface area contributed by atoms with Gasteiger partial charge in [-0.2, -0.15) is 0 Å². The van der Waals surface area contributed by atoms with Crippen molar-refractivity contribution in [2.24, 2.45) is 5.73 Å². The number of carboxylic acid groups (broad SMARTS) is 1. The van der Waals surface area contributed by atoms with Gasteiger partial charge in [0.1, 0.15) is 40.6 Å². The highest BCUT2D eigenvalue weighted by atomic mass is 35.5. The zero-order valence-electron chi connectivity index (χ0n) is 25.6. The van der Waals surface area contributed by atoms with Crippen molar-refractivity contribution in [1.82, 2.24) is 15.1 Å². The molecule has 1 fully saturated rings. The number of carbonyl (C=O) groups excluding carboxylic acids is 3. The second-order valence-corrected chi connectivity index (χ2v) is 12.9. The van der Waals surface area contributed by atoms with Crippen LogP contribution in [0.2, 0.25) is 0 Å². The third-order valence-corrected chi connectivity index (χ3v) is 8.60. The van der Waals surface area contributed by atoms with Gasteiger partial charge >= 0.3 is 5.97 Å². The van der Waals surface area contributed by atoms with E-state index in [1.54, 1.807) is 24.3 Å². The number of alkyl halides is 2. The Morgan fingerprint density at radius 2 is 1.50 bits per heavy atom. The van der Waals surface area contributed by atoms with Crippen LogP contribution in [-0.4, -0.2) is 103 Å². The fourth-order valence-corrected chi connectivity index (χ4v) is 5.79. The van der Waals surface area contributed by atoms with E-state index >= 15 is 0 Å². The average molecular weight is 682 g/mol. The number of benzene rings is 2. The van der Waals surface area contributed by atoms with Crippen molar-refractivity contribution >= 4 is 46.9 Å². The molecule has 46 heavy (non-hydrogen) atoms. The molecule has 3 rings (SSSR count). The summed E-state index contributed by atoms with van der Waals surface area (Å²) < 4.78 is 0.